The van der Waals surface area contributed by atoms with Crippen molar-refractivity contribution in [3.63, 3.8) is 0 Å². The van der Waals surface area contributed by atoms with E-state index in [4.69, 9.17) is 4.74 Å². The first-order chi connectivity index (χ1) is 12.2. The van der Waals surface area contributed by atoms with E-state index in [2.05, 4.69) is 4.98 Å². The molecule has 25 heavy (non-hydrogen) atoms. The fraction of sp³-hybridized carbons (Fsp3) is 0.450. The summed E-state index contributed by atoms with van der Waals surface area (Å²) in [6, 6.07) is 9.65. The van der Waals surface area contributed by atoms with E-state index in [1.165, 1.54) is 0 Å². The number of hydrogen-bond donors (Lipinski definition) is 0. The fourth-order valence-electron chi connectivity index (χ4n) is 4.55. The average Bonchev–Trinajstić information content (AvgIpc) is 3.21. The van der Waals surface area contributed by atoms with Gasteiger partial charge in [0.05, 0.1) is 5.92 Å². The van der Waals surface area contributed by atoms with Crippen LogP contribution in [-0.4, -0.2) is 21.3 Å². The second kappa shape index (κ2) is 6.47. The molecule has 0 N–H and O–H groups in total. The number of imidazole rings is 1. The lowest BCUT2D eigenvalue weighted by atomic mass is 9.56. The molecule has 0 spiro atoms. The van der Waals surface area contributed by atoms with Crippen LogP contribution in [0, 0.1) is 23.7 Å². The molecule has 4 rings (SSSR count). The standard InChI is InChI=1S/C20H22N2O3/c1-22-11-10-21-19(22)18(23)16-14-8-5-9-15(14)17(16)20(24)25-12-13-6-3-2-4-7-13/h2-4,6-7,10-11,14-17H,5,8-9,12H2,1H3/t14-,15+,16+,17-/m0/s1. The van der Waals surface area contributed by atoms with Gasteiger partial charge in [-0.05, 0) is 30.2 Å². The van der Waals surface area contributed by atoms with Crippen molar-refractivity contribution in [2.24, 2.45) is 30.7 Å². The Morgan fingerprint density at radius 3 is 2.56 bits per heavy atom. The highest BCUT2D eigenvalue weighted by molar-refractivity contribution is 5.99. The molecule has 2 fully saturated rings. The van der Waals surface area contributed by atoms with Gasteiger partial charge in [0.2, 0.25) is 5.78 Å². The van der Waals surface area contributed by atoms with E-state index in [0.29, 0.717) is 11.7 Å². The van der Waals surface area contributed by atoms with Crippen molar-refractivity contribution in [1.29, 1.82) is 0 Å². The molecule has 0 amide bonds. The lowest BCUT2D eigenvalue weighted by molar-refractivity contribution is -0.162. The second-order valence-electron chi connectivity index (χ2n) is 7.13. The van der Waals surface area contributed by atoms with Gasteiger partial charge in [0.1, 0.15) is 6.61 Å². The quantitative estimate of drug-likeness (QED) is 0.621. The Morgan fingerprint density at radius 2 is 1.88 bits per heavy atom. The van der Waals surface area contributed by atoms with Crippen LogP contribution in [0.2, 0.25) is 0 Å². The van der Waals surface area contributed by atoms with Gasteiger partial charge in [-0.1, -0.05) is 36.8 Å². The van der Waals surface area contributed by atoms with Crippen LogP contribution in [0.1, 0.15) is 35.4 Å². The van der Waals surface area contributed by atoms with Gasteiger partial charge in [-0.25, -0.2) is 4.98 Å². The van der Waals surface area contributed by atoms with Crippen molar-refractivity contribution in [3.05, 3.63) is 54.1 Å². The van der Waals surface area contributed by atoms with E-state index in [1.54, 1.807) is 17.0 Å². The Morgan fingerprint density at radius 1 is 1.16 bits per heavy atom. The molecule has 1 aromatic carbocycles. The number of benzene rings is 1. The number of rotatable bonds is 5. The van der Waals surface area contributed by atoms with Crippen LogP contribution in [0.15, 0.2) is 42.7 Å². The molecule has 5 heteroatoms. The Kier molecular flexibility index (Phi) is 4.15. The highest BCUT2D eigenvalue weighted by Gasteiger charge is 2.59. The molecular weight excluding hydrogens is 316 g/mol. The number of ketones is 1. The van der Waals surface area contributed by atoms with Gasteiger partial charge in [-0.2, -0.15) is 0 Å². The number of carbonyl (C=O) groups is 2. The van der Waals surface area contributed by atoms with E-state index in [1.807, 2.05) is 37.4 Å². The molecule has 0 radical (unpaired) electrons. The number of hydrogen-bond acceptors (Lipinski definition) is 4. The number of fused-ring (bicyclic) bond motifs is 1. The van der Waals surface area contributed by atoms with Crippen LogP contribution in [0.5, 0.6) is 0 Å². The van der Waals surface area contributed by atoms with Crippen LogP contribution in [-0.2, 0) is 23.2 Å². The van der Waals surface area contributed by atoms with Crippen LogP contribution >= 0.6 is 0 Å². The first kappa shape index (κ1) is 16.1. The third kappa shape index (κ3) is 2.77. The Hall–Kier alpha value is -2.43. The topological polar surface area (TPSA) is 61.2 Å². The molecule has 5 nitrogen and oxygen atoms in total. The minimum absolute atomic E-state index is 0.0164. The Bertz CT molecular complexity index is 783. The maximum Gasteiger partial charge on any atom is 0.310 e. The van der Waals surface area contributed by atoms with E-state index in [9.17, 15) is 9.59 Å². The number of aromatic nitrogens is 2. The van der Waals surface area contributed by atoms with Crippen molar-refractivity contribution < 1.29 is 14.3 Å². The van der Waals surface area contributed by atoms with Crippen LogP contribution in [0.3, 0.4) is 0 Å². The molecular formula is C20H22N2O3. The minimum atomic E-state index is -0.319. The van der Waals surface area contributed by atoms with Gasteiger partial charge < -0.3 is 9.30 Å². The molecule has 1 aromatic heterocycles. The van der Waals surface area contributed by atoms with E-state index in [-0.39, 0.29) is 36.1 Å². The zero-order chi connectivity index (χ0) is 17.4. The average molecular weight is 338 g/mol. The number of nitrogens with zero attached hydrogens (tertiary/aromatic N) is 2. The lowest BCUT2D eigenvalue weighted by Gasteiger charge is -2.46. The van der Waals surface area contributed by atoms with Gasteiger partial charge in [-0.15, -0.1) is 0 Å². The summed E-state index contributed by atoms with van der Waals surface area (Å²) >= 11 is 0. The maximum atomic E-state index is 12.9. The van der Waals surface area contributed by atoms with Gasteiger partial charge in [-0.3, -0.25) is 9.59 Å². The molecule has 130 valence electrons. The summed E-state index contributed by atoms with van der Waals surface area (Å²) in [4.78, 5) is 29.8. The number of carbonyl (C=O) groups excluding carboxylic acids is 2. The van der Waals surface area contributed by atoms with Crippen molar-refractivity contribution in [2.45, 2.75) is 25.9 Å². The zero-order valence-corrected chi connectivity index (χ0v) is 14.3. The van der Waals surface area contributed by atoms with Crippen molar-refractivity contribution in [1.82, 2.24) is 9.55 Å². The summed E-state index contributed by atoms with van der Waals surface area (Å²) < 4.78 is 7.28. The summed E-state index contributed by atoms with van der Waals surface area (Å²) in [7, 11) is 1.81. The lowest BCUT2D eigenvalue weighted by Crippen LogP contribution is -2.52. The molecule has 0 unspecified atom stereocenters. The second-order valence-corrected chi connectivity index (χ2v) is 7.13. The third-order valence-corrected chi connectivity index (χ3v) is 5.77. The molecule has 2 aromatic rings. The van der Waals surface area contributed by atoms with Crippen molar-refractivity contribution in [2.75, 3.05) is 0 Å². The van der Waals surface area contributed by atoms with Gasteiger partial charge in [0.25, 0.3) is 0 Å². The molecule has 2 aliphatic rings. The molecule has 4 atom stereocenters. The highest BCUT2D eigenvalue weighted by atomic mass is 16.5. The van der Waals surface area contributed by atoms with Crippen molar-refractivity contribution >= 4 is 11.8 Å². The first-order valence-electron chi connectivity index (χ1n) is 8.89. The minimum Gasteiger partial charge on any atom is -0.461 e. The monoisotopic (exact) mass is 338 g/mol. The fourth-order valence-corrected chi connectivity index (χ4v) is 4.55. The van der Waals surface area contributed by atoms with Crippen LogP contribution in [0.4, 0.5) is 0 Å². The third-order valence-electron chi connectivity index (χ3n) is 5.77. The molecule has 2 saturated carbocycles. The number of Topliss-reactive ketones (excluding diaryl/α,β-unsaturated/α-hetero) is 1. The Balaban J connectivity index is 1.49. The molecule has 0 saturated heterocycles. The Labute approximate surface area is 147 Å². The smallest absolute Gasteiger partial charge is 0.310 e. The van der Waals surface area contributed by atoms with Crippen LogP contribution < -0.4 is 0 Å². The summed E-state index contributed by atoms with van der Waals surface area (Å²) in [5, 5.41) is 0. The van der Waals surface area contributed by atoms with Crippen LogP contribution in [0.25, 0.3) is 0 Å². The summed E-state index contributed by atoms with van der Waals surface area (Å²) in [6.07, 6.45) is 6.51. The molecule has 2 aliphatic carbocycles. The predicted octanol–water partition coefficient (Wildman–Crippen LogP) is 3.01. The van der Waals surface area contributed by atoms with Gasteiger partial charge in [0.15, 0.2) is 5.82 Å². The molecule has 0 aliphatic heterocycles. The molecule has 0 bridgehead atoms. The zero-order valence-electron chi connectivity index (χ0n) is 14.3. The van der Waals surface area contributed by atoms with Crippen molar-refractivity contribution in [3.8, 4) is 0 Å². The van der Waals surface area contributed by atoms with E-state index < -0.39 is 0 Å². The summed E-state index contributed by atoms with van der Waals surface area (Å²) in [5.41, 5.74) is 0.963. The normalized spacial score (nSPS) is 27.4. The largest absolute Gasteiger partial charge is 0.461 e. The molecule has 1 heterocycles. The van der Waals surface area contributed by atoms with Gasteiger partial charge >= 0.3 is 5.97 Å². The number of aryl methyl sites for hydroxylation is 1. The summed E-state index contributed by atoms with van der Waals surface area (Å²) in [6.45, 7) is 0.261. The van der Waals surface area contributed by atoms with E-state index in [0.717, 1.165) is 24.8 Å². The van der Waals surface area contributed by atoms with E-state index >= 15 is 0 Å². The number of ether oxygens (including phenoxy) is 1. The maximum absolute atomic E-state index is 12.9. The first-order valence-corrected chi connectivity index (χ1v) is 8.89. The SMILES string of the molecule is Cn1ccnc1C(=O)[C@@H]1[C@H]2CCC[C@H]2[C@@H]1C(=O)OCc1ccccc1. The summed E-state index contributed by atoms with van der Waals surface area (Å²) in [5.74, 6) is 0.182. The predicted molar refractivity (Wildman–Crippen MR) is 91.6 cm³/mol. The number of esters is 1. The highest BCUT2D eigenvalue weighted by Crippen LogP contribution is 2.56. The van der Waals surface area contributed by atoms with Gasteiger partial charge in [0, 0.05) is 25.4 Å².